The van der Waals surface area contributed by atoms with Gasteiger partial charge in [-0.25, -0.2) is 4.98 Å². The molecule has 98 valence electrons. The highest BCUT2D eigenvalue weighted by atomic mass is 127. The van der Waals surface area contributed by atoms with Gasteiger partial charge in [-0.3, -0.25) is 10.1 Å². The van der Waals surface area contributed by atoms with Gasteiger partial charge in [0.2, 0.25) is 5.95 Å². The quantitative estimate of drug-likeness (QED) is 0.504. The van der Waals surface area contributed by atoms with E-state index in [1.54, 1.807) is 25.2 Å². The summed E-state index contributed by atoms with van der Waals surface area (Å²) >= 11 is 2.13. The van der Waals surface area contributed by atoms with Crippen LogP contribution in [0.15, 0.2) is 30.5 Å². The summed E-state index contributed by atoms with van der Waals surface area (Å²) in [5, 5.41) is 13.6. The van der Waals surface area contributed by atoms with Crippen molar-refractivity contribution in [1.29, 1.82) is 0 Å². The van der Waals surface area contributed by atoms with Crippen molar-refractivity contribution in [2.24, 2.45) is 0 Å². The number of hydrogen-bond acceptors (Lipinski definition) is 6. The number of ether oxygens (including phenoxy) is 1. The second-order valence-corrected chi connectivity index (χ2v) is 4.70. The molecule has 2 rings (SSSR count). The van der Waals surface area contributed by atoms with Gasteiger partial charge in [-0.15, -0.1) is 0 Å². The normalized spacial score (nSPS) is 10.0. The Kier molecular flexibility index (Phi) is 4.10. The summed E-state index contributed by atoms with van der Waals surface area (Å²) in [6.07, 6.45) is 1.11. The Labute approximate surface area is 122 Å². The molecular formula is C11H9IN4O3. The molecule has 0 bridgehead atoms. The zero-order valence-electron chi connectivity index (χ0n) is 9.83. The molecular weight excluding hydrogens is 363 g/mol. The predicted octanol–water partition coefficient (Wildman–Crippen LogP) is 2.82. The molecule has 1 aromatic heterocycles. The van der Waals surface area contributed by atoms with E-state index >= 15 is 0 Å². The summed E-state index contributed by atoms with van der Waals surface area (Å²) in [5.41, 5.74) is -0.280. The van der Waals surface area contributed by atoms with Crippen LogP contribution >= 0.6 is 22.6 Å². The fourth-order valence-corrected chi connectivity index (χ4v) is 1.84. The molecule has 19 heavy (non-hydrogen) atoms. The maximum absolute atomic E-state index is 10.9. The highest BCUT2D eigenvalue weighted by molar-refractivity contribution is 14.1. The van der Waals surface area contributed by atoms with Crippen molar-refractivity contribution in [3.63, 3.8) is 0 Å². The van der Waals surface area contributed by atoms with E-state index in [2.05, 4.69) is 37.9 Å². The Balaban J connectivity index is 2.39. The standard InChI is InChI=1S/C11H9IN4O3/c1-13-11-14-6-9(16(17)18)10(15-11)19-8-4-2-3-7(12)5-8/h2-6H,1H3,(H,13,14,15). The number of nitro groups is 1. The summed E-state index contributed by atoms with van der Waals surface area (Å²) in [4.78, 5) is 18.1. The van der Waals surface area contributed by atoms with E-state index in [0.717, 1.165) is 9.77 Å². The molecule has 0 amide bonds. The van der Waals surface area contributed by atoms with Crippen LogP contribution in [0.4, 0.5) is 11.6 Å². The number of anilines is 1. The average Bonchev–Trinajstić information content (AvgIpc) is 2.38. The molecule has 0 saturated carbocycles. The third-order valence-corrected chi connectivity index (χ3v) is 2.84. The zero-order chi connectivity index (χ0) is 13.8. The van der Waals surface area contributed by atoms with Gasteiger partial charge in [0.15, 0.2) is 0 Å². The number of hydrogen-bond donors (Lipinski definition) is 1. The second kappa shape index (κ2) is 5.78. The van der Waals surface area contributed by atoms with Gasteiger partial charge in [0.25, 0.3) is 0 Å². The van der Waals surface area contributed by atoms with E-state index in [4.69, 9.17) is 4.74 Å². The SMILES string of the molecule is CNc1ncc([N+](=O)[O-])c(Oc2cccc(I)c2)n1. The number of nitrogens with one attached hydrogen (secondary N) is 1. The lowest BCUT2D eigenvalue weighted by molar-refractivity contribution is -0.386. The van der Waals surface area contributed by atoms with Crippen molar-refractivity contribution in [2.45, 2.75) is 0 Å². The predicted molar refractivity (Wildman–Crippen MR) is 77.5 cm³/mol. The molecule has 0 aliphatic heterocycles. The van der Waals surface area contributed by atoms with Gasteiger partial charge < -0.3 is 10.1 Å². The zero-order valence-corrected chi connectivity index (χ0v) is 12.0. The van der Waals surface area contributed by atoms with E-state index in [9.17, 15) is 10.1 Å². The van der Waals surface area contributed by atoms with E-state index in [0.29, 0.717) is 5.75 Å². The number of aromatic nitrogens is 2. The topological polar surface area (TPSA) is 90.2 Å². The third kappa shape index (κ3) is 3.28. The van der Waals surface area contributed by atoms with Crippen molar-refractivity contribution in [3.8, 4) is 11.6 Å². The van der Waals surface area contributed by atoms with Crippen LogP contribution in [-0.2, 0) is 0 Å². The Morgan fingerprint density at radius 2 is 2.26 bits per heavy atom. The number of nitrogens with zero attached hydrogens (tertiary/aromatic N) is 3. The first-order chi connectivity index (χ1) is 9.10. The third-order valence-electron chi connectivity index (χ3n) is 2.17. The van der Waals surface area contributed by atoms with Crippen LogP contribution in [-0.4, -0.2) is 21.9 Å². The molecule has 1 aromatic carbocycles. The molecule has 0 fully saturated rings. The summed E-state index contributed by atoms with van der Waals surface area (Å²) in [6, 6.07) is 7.14. The molecule has 2 aromatic rings. The highest BCUT2D eigenvalue weighted by Gasteiger charge is 2.19. The number of rotatable bonds is 4. The molecule has 0 radical (unpaired) electrons. The molecule has 1 N–H and O–H groups in total. The average molecular weight is 372 g/mol. The summed E-state index contributed by atoms with van der Waals surface area (Å²) in [6.45, 7) is 0. The van der Waals surface area contributed by atoms with E-state index in [1.807, 2.05) is 6.07 Å². The van der Waals surface area contributed by atoms with Gasteiger partial charge in [-0.1, -0.05) is 6.07 Å². The van der Waals surface area contributed by atoms with Crippen molar-refractivity contribution in [3.05, 3.63) is 44.1 Å². The highest BCUT2D eigenvalue weighted by Crippen LogP contribution is 2.29. The minimum absolute atomic E-state index is 0.0913. The van der Waals surface area contributed by atoms with Crippen LogP contribution in [0.25, 0.3) is 0 Å². The fourth-order valence-electron chi connectivity index (χ4n) is 1.32. The van der Waals surface area contributed by atoms with E-state index in [1.165, 1.54) is 0 Å². The Bertz CT molecular complexity index is 621. The monoisotopic (exact) mass is 372 g/mol. The van der Waals surface area contributed by atoms with E-state index in [-0.39, 0.29) is 17.5 Å². The Hall–Kier alpha value is -1.97. The van der Waals surface area contributed by atoms with Gasteiger partial charge >= 0.3 is 11.6 Å². The van der Waals surface area contributed by atoms with Crippen LogP contribution in [0.2, 0.25) is 0 Å². The minimum atomic E-state index is -0.581. The second-order valence-electron chi connectivity index (χ2n) is 3.45. The summed E-state index contributed by atoms with van der Waals surface area (Å²) in [7, 11) is 1.62. The molecule has 0 atom stereocenters. The lowest BCUT2D eigenvalue weighted by atomic mass is 10.3. The number of halogens is 1. The van der Waals surface area contributed by atoms with Gasteiger partial charge in [0, 0.05) is 10.6 Å². The first-order valence-electron chi connectivity index (χ1n) is 5.23. The first-order valence-corrected chi connectivity index (χ1v) is 6.30. The van der Waals surface area contributed by atoms with Crippen LogP contribution in [0, 0.1) is 13.7 Å². The number of benzene rings is 1. The van der Waals surface area contributed by atoms with E-state index < -0.39 is 4.92 Å². The molecule has 1 heterocycles. The Morgan fingerprint density at radius 3 is 2.89 bits per heavy atom. The molecule has 0 spiro atoms. The molecule has 0 aliphatic rings. The van der Waals surface area contributed by atoms with Crippen LogP contribution in [0.1, 0.15) is 0 Å². The summed E-state index contributed by atoms with van der Waals surface area (Å²) < 4.78 is 6.42. The molecule has 8 heteroatoms. The first kappa shape index (κ1) is 13.5. The van der Waals surface area contributed by atoms with Gasteiger partial charge in [0.05, 0.1) is 4.92 Å². The van der Waals surface area contributed by atoms with Crippen LogP contribution < -0.4 is 10.1 Å². The van der Waals surface area contributed by atoms with Crippen molar-refractivity contribution < 1.29 is 9.66 Å². The van der Waals surface area contributed by atoms with Crippen molar-refractivity contribution in [1.82, 2.24) is 9.97 Å². The molecule has 0 aliphatic carbocycles. The largest absolute Gasteiger partial charge is 0.434 e. The van der Waals surface area contributed by atoms with Crippen LogP contribution in [0.5, 0.6) is 11.6 Å². The minimum Gasteiger partial charge on any atom is -0.434 e. The Morgan fingerprint density at radius 1 is 1.47 bits per heavy atom. The maximum atomic E-state index is 10.9. The van der Waals surface area contributed by atoms with Gasteiger partial charge in [-0.05, 0) is 40.8 Å². The van der Waals surface area contributed by atoms with Gasteiger partial charge in [-0.2, -0.15) is 4.98 Å². The lowest BCUT2D eigenvalue weighted by Crippen LogP contribution is -2.02. The lowest BCUT2D eigenvalue weighted by Gasteiger charge is -2.06. The molecule has 0 unspecified atom stereocenters. The van der Waals surface area contributed by atoms with Gasteiger partial charge in [0.1, 0.15) is 11.9 Å². The summed E-state index contributed by atoms with van der Waals surface area (Å²) in [5.74, 6) is 0.647. The smallest absolute Gasteiger partial charge is 0.349 e. The fraction of sp³-hybridized carbons (Fsp3) is 0.0909. The van der Waals surface area contributed by atoms with Crippen molar-refractivity contribution in [2.75, 3.05) is 12.4 Å². The molecule has 0 saturated heterocycles. The van der Waals surface area contributed by atoms with Crippen molar-refractivity contribution >= 4 is 34.2 Å². The maximum Gasteiger partial charge on any atom is 0.349 e. The molecule has 7 nitrogen and oxygen atoms in total. The van der Waals surface area contributed by atoms with Crippen LogP contribution in [0.3, 0.4) is 0 Å².